The second-order valence-electron chi connectivity index (χ2n) is 3.49. The highest BCUT2D eigenvalue weighted by atomic mass is 79.9. The standard InChI is InChI=1S/C12H6BrCl2NO3/c13-6-3-9(15)11(16-5-6)19-10-4-7(14)1-2-8(10)12(17)18/h1-5H,(H,17,18). The monoisotopic (exact) mass is 361 g/mol. The van der Waals surface area contributed by atoms with Gasteiger partial charge in [0.25, 0.3) is 0 Å². The number of carbonyl (C=O) groups is 1. The molecule has 0 spiro atoms. The van der Waals surface area contributed by atoms with Crippen molar-refractivity contribution < 1.29 is 14.6 Å². The maximum Gasteiger partial charge on any atom is 0.339 e. The van der Waals surface area contributed by atoms with Crippen LogP contribution in [0.2, 0.25) is 10.0 Å². The molecule has 4 nitrogen and oxygen atoms in total. The van der Waals surface area contributed by atoms with E-state index >= 15 is 0 Å². The molecule has 0 aliphatic carbocycles. The fourth-order valence-electron chi connectivity index (χ4n) is 1.34. The molecule has 0 saturated heterocycles. The smallest absolute Gasteiger partial charge is 0.339 e. The van der Waals surface area contributed by atoms with Crippen molar-refractivity contribution >= 4 is 45.1 Å². The number of benzene rings is 1. The summed E-state index contributed by atoms with van der Waals surface area (Å²) in [7, 11) is 0. The van der Waals surface area contributed by atoms with E-state index in [1.807, 2.05) is 0 Å². The van der Waals surface area contributed by atoms with Crippen LogP contribution in [-0.2, 0) is 0 Å². The summed E-state index contributed by atoms with van der Waals surface area (Å²) < 4.78 is 6.10. The molecule has 0 atom stereocenters. The van der Waals surface area contributed by atoms with E-state index in [1.165, 1.54) is 24.4 Å². The van der Waals surface area contributed by atoms with Crippen molar-refractivity contribution in [1.82, 2.24) is 4.98 Å². The Hall–Kier alpha value is -1.30. The molecule has 1 heterocycles. The van der Waals surface area contributed by atoms with E-state index in [0.717, 1.165) is 0 Å². The largest absolute Gasteiger partial charge is 0.478 e. The fourth-order valence-corrected chi connectivity index (χ4v) is 2.17. The Bertz CT molecular complexity index is 649. The number of carboxylic acids is 1. The van der Waals surface area contributed by atoms with Gasteiger partial charge in [-0.25, -0.2) is 9.78 Å². The number of nitrogens with zero attached hydrogens (tertiary/aromatic N) is 1. The van der Waals surface area contributed by atoms with Crippen LogP contribution in [0, 0.1) is 0 Å². The second kappa shape index (κ2) is 5.77. The van der Waals surface area contributed by atoms with Crippen LogP contribution in [0.25, 0.3) is 0 Å². The van der Waals surface area contributed by atoms with Gasteiger partial charge in [0, 0.05) is 21.8 Å². The number of carboxylic acid groups (broad SMARTS) is 1. The minimum atomic E-state index is -1.13. The average Bonchev–Trinajstić information content (AvgIpc) is 2.32. The minimum Gasteiger partial charge on any atom is -0.478 e. The summed E-state index contributed by atoms with van der Waals surface area (Å²) >= 11 is 15.0. The Morgan fingerprint density at radius 1 is 1.32 bits per heavy atom. The van der Waals surface area contributed by atoms with Gasteiger partial charge in [0.2, 0.25) is 5.88 Å². The van der Waals surface area contributed by atoms with Gasteiger partial charge in [-0.15, -0.1) is 0 Å². The Morgan fingerprint density at radius 2 is 2.05 bits per heavy atom. The van der Waals surface area contributed by atoms with Crippen LogP contribution in [0.1, 0.15) is 10.4 Å². The number of aromatic nitrogens is 1. The van der Waals surface area contributed by atoms with Gasteiger partial charge in [0.1, 0.15) is 16.3 Å². The zero-order valence-corrected chi connectivity index (χ0v) is 12.3. The van der Waals surface area contributed by atoms with Gasteiger partial charge in [-0.1, -0.05) is 23.2 Å². The first-order valence-corrected chi connectivity index (χ1v) is 6.54. The third-order valence-corrected chi connectivity index (χ3v) is 3.09. The minimum absolute atomic E-state index is 0.0230. The molecule has 0 saturated carbocycles. The number of rotatable bonds is 3. The summed E-state index contributed by atoms with van der Waals surface area (Å²) in [4.78, 5) is 15.0. The predicted octanol–water partition coefficient (Wildman–Crippen LogP) is 4.64. The van der Waals surface area contributed by atoms with Crippen molar-refractivity contribution in [2.45, 2.75) is 0 Å². The fraction of sp³-hybridized carbons (Fsp3) is 0. The summed E-state index contributed by atoms with van der Waals surface area (Å²) in [5.74, 6) is -0.939. The third kappa shape index (κ3) is 3.37. The van der Waals surface area contributed by atoms with Crippen LogP contribution < -0.4 is 4.74 Å². The van der Waals surface area contributed by atoms with Crippen LogP contribution in [0.4, 0.5) is 0 Å². The van der Waals surface area contributed by atoms with Crippen LogP contribution >= 0.6 is 39.1 Å². The van der Waals surface area contributed by atoms with Crippen molar-refractivity contribution in [3.63, 3.8) is 0 Å². The summed E-state index contributed by atoms with van der Waals surface area (Å²) in [6.07, 6.45) is 1.49. The Balaban J connectivity index is 2.42. The normalized spacial score (nSPS) is 10.3. The van der Waals surface area contributed by atoms with E-state index in [0.29, 0.717) is 9.50 Å². The van der Waals surface area contributed by atoms with E-state index in [9.17, 15) is 4.79 Å². The van der Waals surface area contributed by atoms with Crippen molar-refractivity contribution in [2.24, 2.45) is 0 Å². The SMILES string of the molecule is O=C(O)c1ccc(Cl)cc1Oc1ncc(Br)cc1Cl. The zero-order chi connectivity index (χ0) is 14.0. The van der Waals surface area contributed by atoms with Gasteiger partial charge < -0.3 is 9.84 Å². The molecule has 2 rings (SSSR count). The Morgan fingerprint density at radius 3 is 2.68 bits per heavy atom. The number of aromatic carboxylic acids is 1. The highest BCUT2D eigenvalue weighted by molar-refractivity contribution is 9.10. The summed E-state index contributed by atoms with van der Waals surface area (Å²) in [6.45, 7) is 0. The highest BCUT2D eigenvalue weighted by Crippen LogP contribution is 2.32. The molecule has 7 heteroatoms. The molecular formula is C12H6BrCl2NO3. The van der Waals surface area contributed by atoms with Gasteiger partial charge in [0.05, 0.1) is 0 Å². The van der Waals surface area contributed by atoms with Gasteiger partial charge in [-0.3, -0.25) is 0 Å². The van der Waals surface area contributed by atoms with Crippen LogP contribution in [0.3, 0.4) is 0 Å². The molecule has 2 aromatic rings. The molecule has 0 fully saturated rings. The zero-order valence-electron chi connectivity index (χ0n) is 9.23. The van der Waals surface area contributed by atoms with Gasteiger partial charge in [-0.2, -0.15) is 0 Å². The topological polar surface area (TPSA) is 59.4 Å². The molecule has 98 valence electrons. The first-order chi connectivity index (χ1) is 8.97. The lowest BCUT2D eigenvalue weighted by molar-refractivity contribution is 0.0694. The Labute approximate surface area is 127 Å². The lowest BCUT2D eigenvalue weighted by Gasteiger charge is -2.09. The maximum absolute atomic E-state index is 11.1. The van der Waals surface area contributed by atoms with E-state index in [2.05, 4.69) is 20.9 Å². The number of hydrogen-bond donors (Lipinski definition) is 1. The van der Waals surface area contributed by atoms with Crippen molar-refractivity contribution in [3.05, 3.63) is 50.5 Å². The first kappa shape index (κ1) is 14.1. The van der Waals surface area contributed by atoms with E-state index in [1.54, 1.807) is 6.07 Å². The molecule has 0 bridgehead atoms. The number of halogens is 3. The molecule has 0 amide bonds. The number of pyridine rings is 1. The summed E-state index contributed by atoms with van der Waals surface area (Å²) in [5.41, 5.74) is -0.0230. The first-order valence-electron chi connectivity index (χ1n) is 4.99. The molecule has 1 N–H and O–H groups in total. The van der Waals surface area contributed by atoms with Gasteiger partial charge >= 0.3 is 5.97 Å². The van der Waals surface area contributed by atoms with Crippen molar-refractivity contribution in [2.75, 3.05) is 0 Å². The van der Waals surface area contributed by atoms with Gasteiger partial charge in [-0.05, 0) is 34.1 Å². The van der Waals surface area contributed by atoms with Crippen molar-refractivity contribution in [3.8, 4) is 11.6 Å². The molecule has 0 aliphatic heterocycles. The van der Waals surface area contributed by atoms with E-state index in [-0.39, 0.29) is 22.2 Å². The quantitative estimate of drug-likeness (QED) is 0.863. The molecule has 1 aromatic heterocycles. The lowest BCUT2D eigenvalue weighted by atomic mass is 10.2. The lowest BCUT2D eigenvalue weighted by Crippen LogP contribution is -2.00. The maximum atomic E-state index is 11.1. The molecule has 1 aromatic carbocycles. The molecular weight excluding hydrogens is 357 g/mol. The van der Waals surface area contributed by atoms with Crippen LogP contribution in [0.5, 0.6) is 11.6 Å². The Kier molecular flexibility index (Phi) is 4.29. The number of hydrogen-bond acceptors (Lipinski definition) is 3. The van der Waals surface area contributed by atoms with Crippen LogP contribution in [0.15, 0.2) is 34.9 Å². The van der Waals surface area contributed by atoms with E-state index < -0.39 is 5.97 Å². The molecule has 0 aliphatic rings. The molecule has 19 heavy (non-hydrogen) atoms. The van der Waals surface area contributed by atoms with Crippen LogP contribution in [-0.4, -0.2) is 16.1 Å². The summed E-state index contributed by atoms with van der Waals surface area (Å²) in [5, 5.41) is 9.67. The summed E-state index contributed by atoms with van der Waals surface area (Å²) in [6, 6.07) is 5.81. The average molecular weight is 363 g/mol. The van der Waals surface area contributed by atoms with E-state index in [4.69, 9.17) is 33.0 Å². The third-order valence-electron chi connectivity index (χ3n) is 2.15. The number of ether oxygens (including phenoxy) is 1. The van der Waals surface area contributed by atoms with Crippen molar-refractivity contribution in [1.29, 1.82) is 0 Å². The molecule has 0 unspecified atom stereocenters. The van der Waals surface area contributed by atoms with Gasteiger partial charge in [0.15, 0.2) is 0 Å². The highest BCUT2D eigenvalue weighted by Gasteiger charge is 2.14. The second-order valence-corrected chi connectivity index (χ2v) is 5.25. The predicted molar refractivity (Wildman–Crippen MR) is 75.4 cm³/mol. The molecule has 0 radical (unpaired) electrons.